The zero-order valence-corrected chi connectivity index (χ0v) is 9.28. The van der Waals surface area contributed by atoms with Crippen LogP contribution in [-0.2, 0) is 5.54 Å². The van der Waals surface area contributed by atoms with Gasteiger partial charge in [0.1, 0.15) is 5.82 Å². The van der Waals surface area contributed by atoms with Crippen molar-refractivity contribution in [2.75, 3.05) is 12.3 Å². The van der Waals surface area contributed by atoms with Gasteiger partial charge in [0, 0.05) is 18.7 Å². The Morgan fingerprint density at radius 2 is 2.35 bits per heavy atom. The van der Waals surface area contributed by atoms with Gasteiger partial charge < -0.3 is 15.9 Å². The number of aliphatic hydroxyl groups is 2. The number of hydrogen-bond acceptors (Lipinski definition) is 5. The maximum atomic E-state index is 11.8. The Morgan fingerprint density at radius 1 is 1.59 bits per heavy atom. The average Bonchev–Trinajstić information content (AvgIpc) is 2.87. The van der Waals surface area contributed by atoms with E-state index in [1.165, 1.54) is 0 Å². The molecule has 4 N–H and O–H groups in total. The summed E-state index contributed by atoms with van der Waals surface area (Å²) in [6.07, 6.45) is 2.43. The minimum Gasteiger partial charge on any atom is -0.396 e. The van der Waals surface area contributed by atoms with Gasteiger partial charge in [-0.3, -0.25) is 4.57 Å². The van der Waals surface area contributed by atoms with Crippen LogP contribution in [0.2, 0.25) is 0 Å². The van der Waals surface area contributed by atoms with Gasteiger partial charge in [0.25, 0.3) is 0 Å². The minimum atomic E-state index is -0.539. The third-order valence-corrected chi connectivity index (χ3v) is 4.19. The predicted octanol–water partition coefficient (Wildman–Crippen LogP) is -1.09. The monoisotopic (exact) mass is 237 g/mol. The summed E-state index contributed by atoms with van der Waals surface area (Å²) in [5, 5.41) is 19.1. The van der Waals surface area contributed by atoms with Gasteiger partial charge >= 0.3 is 5.69 Å². The number of nitrogen functional groups attached to an aromatic ring is 1. The van der Waals surface area contributed by atoms with E-state index in [1.54, 1.807) is 16.8 Å². The van der Waals surface area contributed by atoms with E-state index in [9.17, 15) is 15.0 Å². The maximum absolute atomic E-state index is 11.8. The molecule has 6 nitrogen and oxygen atoms in total. The zero-order chi connectivity index (χ0) is 12.2. The molecule has 2 fully saturated rings. The van der Waals surface area contributed by atoms with Crippen LogP contribution in [0.5, 0.6) is 0 Å². The third kappa shape index (κ3) is 1.34. The summed E-state index contributed by atoms with van der Waals surface area (Å²) >= 11 is 0. The fourth-order valence-corrected chi connectivity index (χ4v) is 3.27. The Labute approximate surface area is 97.7 Å². The highest BCUT2D eigenvalue weighted by Gasteiger charge is 2.66. The first kappa shape index (κ1) is 10.7. The molecule has 0 aromatic carbocycles. The number of aliphatic hydroxyl groups excluding tert-OH is 2. The van der Waals surface area contributed by atoms with E-state index in [0.29, 0.717) is 6.42 Å². The molecular weight excluding hydrogens is 222 g/mol. The second-order valence-electron chi connectivity index (χ2n) is 5.04. The summed E-state index contributed by atoms with van der Waals surface area (Å²) in [7, 11) is 0. The molecule has 17 heavy (non-hydrogen) atoms. The van der Waals surface area contributed by atoms with Crippen LogP contribution in [0, 0.1) is 11.8 Å². The van der Waals surface area contributed by atoms with Crippen LogP contribution in [0.4, 0.5) is 5.82 Å². The number of hydrogen-bond donors (Lipinski definition) is 3. The first-order valence-electron chi connectivity index (χ1n) is 5.73. The molecule has 0 amide bonds. The largest absolute Gasteiger partial charge is 0.396 e. The first-order valence-corrected chi connectivity index (χ1v) is 5.73. The smallest absolute Gasteiger partial charge is 0.350 e. The standard InChI is InChI=1S/C11H15N3O3/c12-9-1-2-14(10(17)13-9)11-3-7(11)6(5-15)8(16)4-11/h1-2,6-8,15-16H,3-5H2,(H2,12,13,17)/t6-,7-,8-,11-/m0/s1. The van der Waals surface area contributed by atoms with Crippen molar-refractivity contribution >= 4 is 5.82 Å². The van der Waals surface area contributed by atoms with E-state index in [-0.39, 0.29) is 35.5 Å². The highest BCUT2D eigenvalue weighted by molar-refractivity contribution is 5.26. The van der Waals surface area contributed by atoms with E-state index in [1.807, 2.05) is 0 Å². The first-order chi connectivity index (χ1) is 8.08. The quantitative estimate of drug-likeness (QED) is 0.607. The zero-order valence-electron chi connectivity index (χ0n) is 9.28. The number of aromatic nitrogens is 2. The van der Waals surface area contributed by atoms with Crippen molar-refractivity contribution in [2.24, 2.45) is 11.8 Å². The van der Waals surface area contributed by atoms with Crippen LogP contribution in [0.1, 0.15) is 12.8 Å². The topological polar surface area (TPSA) is 101 Å². The SMILES string of the molecule is Nc1ccn([C@@]23C[C@H](O)[C@@H](CO)[C@@H]2C3)c(=O)n1. The number of nitrogens with two attached hydrogens (primary N) is 1. The van der Waals surface area contributed by atoms with E-state index < -0.39 is 6.10 Å². The molecule has 2 aliphatic rings. The van der Waals surface area contributed by atoms with E-state index in [4.69, 9.17) is 5.73 Å². The fourth-order valence-electron chi connectivity index (χ4n) is 3.27. The highest BCUT2D eigenvalue weighted by atomic mass is 16.3. The molecule has 0 unspecified atom stereocenters. The molecule has 2 saturated carbocycles. The molecule has 92 valence electrons. The second-order valence-corrected chi connectivity index (χ2v) is 5.04. The van der Waals surface area contributed by atoms with Crippen molar-refractivity contribution in [1.82, 2.24) is 9.55 Å². The van der Waals surface area contributed by atoms with Crippen molar-refractivity contribution in [3.63, 3.8) is 0 Å². The predicted molar refractivity (Wildman–Crippen MR) is 60.2 cm³/mol. The lowest BCUT2D eigenvalue weighted by Crippen LogP contribution is -2.33. The van der Waals surface area contributed by atoms with Crippen molar-refractivity contribution < 1.29 is 10.2 Å². The van der Waals surface area contributed by atoms with Crippen molar-refractivity contribution in [3.8, 4) is 0 Å². The summed E-state index contributed by atoms with van der Waals surface area (Å²) in [5.74, 6) is 0.252. The van der Waals surface area contributed by atoms with E-state index >= 15 is 0 Å². The molecule has 1 heterocycles. The maximum Gasteiger partial charge on any atom is 0.350 e. The molecule has 0 aliphatic heterocycles. The summed E-state index contributed by atoms with van der Waals surface area (Å²) in [5.41, 5.74) is 4.73. The molecule has 1 aromatic heterocycles. The van der Waals surface area contributed by atoms with Gasteiger partial charge in [-0.05, 0) is 24.8 Å². The van der Waals surface area contributed by atoms with E-state index in [0.717, 1.165) is 6.42 Å². The Balaban J connectivity index is 2.00. The van der Waals surface area contributed by atoms with Crippen LogP contribution >= 0.6 is 0 Å². The number of anilines is 1. The summed E-state index contributed by atoms with van der Waals surface area (Å²) in [6, 6.07) is 1.59. The lowest BCUT2D eigenvalue weighted by Gasteiger charge is -2.16. The van der Waals surface area contributed by atoms with Gasteiger partial charge in [-0.15, -0.1) is 0 Å². The van der Waals surface area contributed by atoms with Gasteiger partial charge in [-0.1, -0.05) is 0 Å². The Bertz CT molecular complexity index is 515. The number of rotatable bonds is 2. The Hall–Kier alpha value is -1.40. The van der Waals surface area contributed by atoms with Crippen LogP contribution in [-0.4, -0.2) is 32.5 Å². The third-order valence-electron chi connectivity index (χ3n) is 4.19. The lowest BCUT2D eigenvalue weighted by atomic mass is 10.0. The summed E-state index contributed by atoms with van der Waals surface area (Å²) in [4.78, 5) is 15.5. The molecule has 1 aromatic rings. The van der Waals surface area contributed by atoms with Gasteiger partial charge in [-0.2, -0.15) is 4.98 Å². The summed E-state index contributed by atoms with van der Waals surface area (Å²) in [6.45, 7) is -0.0370. The Morgan fingerprint density at radius 3 is 2.94 bits per heavy atom. The lowest BCUT2D eigenvalue weighted by molar-refractivity contribution is 0.0714. The molecule has 3 rings (SSSR count). The average molecular weight is 237 g/mol. The van der Waals surface area contributed by atoms with Crippen LogP contribution in [0.25, 0.3) is 0 Å². The molecule has 0 saturated heterocycles. The number of nitrogens with zero attached hydrogens (tertiary/aromatic N) is 2. The molecule has 0 spiro atoms. The highest BCUT2D eigenvalue weighted by Crippen LogP contribution is 2.63. The molecule has 0 bridgehead atoms. The second kappa shape index (κ2) is 3.30. The van der Waals surface area contributed by atoms with Crippen LogP contribution in [0.15, 0.2) is 17.1 Å². The normalized spacial score (nSPS) is 39.1. The van der Waals surface area contributed by atoms with Crippen molar-refractivity contribution in [1.29, 1.82) is 0 Å². The van der Waals surface area contributed by atoms with Gasteiger partial charge in [0.2, 0.25) is 0 Å². The van der Waals surface area contributed by atoms with Crippen LogP contribution < -0.4 is 11.4 Å². The molecule has 0 radical (unpaired) electrons. The molecule has 4 atom stereocenters. The fraction of sp³-hybridized carbons (Fsp3) is 0.636. The van der Waals surface area contributed by atoms with E-state index in [2.05, 4.69) is 4.98 Å². The van der Waals surface area contributed by atoms with Gasteiger partial charge in [0.05, 0.1) is 11.6 Å². The van der Waals surface area contributed by atoms with Crippen molar-refractivity contribution in [3.05, 3.63) is 22.7 Å². The van der Waals surface area contributed by atoms with Crippen molar-refractivity contribution in [2.45, 2.75) is 24.5 Å². The molecular formula is C11H15N3O3. The molecule has 6 heteroatoms. The Kier molecular flexibility index (Phi) is 2.08. The number of fused-ring (bicyclic) bond motifs is 1. The minimum absolute atomic E-state index is 0.0370. The molecule has 2 aliphatic carbocycles. The summed E-state index contributed by atoms with van der Waals surface area (Å²) < 4.78 is 1.56. The van der Waals surface area contributed by atoms with Crippen LogP contribution in [0.3, 0.4) is 0 Å². The van der Waals surface area contributed by atoms with Gasteiger partial charge in [-0.25, -0.2) is 4.79 Å². The van der Waals surface area contributed by atoms with Gasteiger partial charge in [0.15, 0.2) is 0 Å².